The van der Waals surface area contributed by atoms with Gasteiger partial charge in [-0.2, -0.15) is 0 Å². The van der Waals surface area contributed by atoms with Gasteiger partial charge in [-0.15, -0.1) is 0 Å². The van der Waals surface area contributed by atoms with E-state index in [1.165, 1.54) is 18.4 Å². The van der Waals surface area contributed by atoms with Crippen LogP contribution in [0, 0.1) is 5.82 Å². The number of hydrogen-bond donors (Lipinski definition) is 0. The third-order valence-electron chi connectivity index (χ3n) is 4.24. The number of benzene rings is 1. The van der Waals surface area contributed by atoms with Crippen molar-refractivity contribution in [3.8, 4) is 0 Å². The minimum absolute atomic E-state index is 0.0269. The van der Waals surface area contributed by atoms with E-state index in [4.69, 9.17) is 4.42 Å². The van der Waals surface area contributed by atoms with Crippen molar-refractivity contribution in [2.75, 3.05) is 32.7 Å². The molecule has 0 radical (unpaired) electrons. The number of nitrogens with zero attached hydrogens (tertiary/aromatic N) is 2. The summed E-state index contributed by atoms with van der Waals surface area (Å²) in [5, 5.41) is 0. The van der Waals surface area contributed by atoms with Crippen molar-refractivity contribution in [3.63, 3.8) is 0 Å². The Labute approximate surface area is 135 Å². The Morgan fingerprint density at radius 2 is 1.83 bits per heavy atom. The maximum atomic E-state index is 12.9. The van der Waals surface area contributed by atoms with Crippen LogP contribution in [-0.4, -0.2) is 48.4 Å². The molecule has 1 aliphatic rings. The summed E-state index contributed by atoms with van der Waals surface area (Å²) in [7, 11) is 0. The minimum atomic E-state index is -0.189. The van der Waals surface area contributed by atoms with Gasteiger partial charge in [0.2, 0.25) is 0 Å². The summed E-state index contributed by atoms with van der Waals surface area (Å²) >= 11 is 0. The molecule has 1 amide bonds. The first-order valence-electron chi connectivity index (χ1n) is 8.02. The lowest BCUT2D eigenvalue weighted by Gasteiger charge is -2.34. The molecule has 2 aromatic rings. The Balaban J connectivity index is 1.39. The molecule has 2 heterocycles. The van der Waals surface area contributed by atoms with Gasteiger partial charge in [-0.1, -0.05) is 12.1 Å². The van der Waals surface area contributed by atoms with Crippen LogP contribution in [0.2, 0.25) is 0 Å². The summed E-state index contributed by atoms with van der Waals surface area (Å²) in [6.45, 7) is 4.23. The molecular formula is C18H21FN2O2. The van der Waals surface area contributed by atoms with Crippen molar-refractivity contribution in [2.24, 2.45) is 0 Å². The van der Waals surface area contributed by atoms with Gasteiger partial charge in [-0.25, -0.2) is 4.39 Å². The van der Waals surface area contributed by atoms with Crippen molar-refractivity contribution >= 4 is 5.91 Å². The van der Waals surface area contributed by atoms with Crippen LogP contribution < -0.4 is 0 Å². The number of carbonyl (C=O) groups excluding carboxylic acids is 1. The van der Waals surface area contributed by atoms with Gasteiger partial charge in [-0.3, -0.25) is 9.69 Å². The van der Waals surface area contributed by atoms with Gasteiger partial charge >= 0.3 is 0 Å². The molecule has 1 fully saturated rings. The normalized spacial score (nSPS) is 15.8. The molecule has 4 nitrogen and oxygen atoms in total. The maximum Gasteiger partial charge on any atom is 0.289 e. The van der Waals surface area contributed by atoms with Gasteiger partial charge < -0.3 is 9.32 Å². The first-order valence-corrected chi connectivity index (χ1v) is 8.02. The van der Waals surface area contributed by atoms with Crippen LogP contribution in [0.4, 0.5) is 4.39 Å². The summed E-state index contributed by atoms with van der Waals surface area (Å²) in [5.41, 5.74) is 1.16. The van der Waals surface area contributed by atoms with Crippen LogP contribution >= 0.6 is 0 Å². The first-order chi connectivity index (χ1) is 11.2. The molecule has 5 heteroatoms. The molecule has 23 heavy (non-hydrogen) atoms. The predicted molar refractivity (Wildman–Crippen MR) is 85.8 cm³/mol. The molecule has 0 saturated carbocycles. The second kappa shape index (κ2) is 7.42. The average Bonchev–Trinajstić information content (AvgIpc) is 3.11. The number of furan rings is 1. The topological polar surface area (TPSA) is 36.7 Å². The maximum absolute atomic E-state index is 12.9. The summed E-state index contributed by atoms with van der Waals surface area (Å²) in [6.07, 6.45) is 3.52. The van der Waals surface area contributed by atoms with Crippen molar-refractivity contribution in [1.82, 2.24) is 9.80 Å². The van der Waals surface area contributed by atoms with E-state index in [1.807, 2.05) is 17.0 Å². The summed E-state index contributed by atoms with van der Waals surface area (Å²) in [5.74, 6) is 0.196. The van der Waals surface area contributed by atoms with Crippen LogP contribution in [0.5, 0.6) is 0 Å². The van der Waals surface area contributed by atoms with E-state index in [0.717, 1.165) is 51.1 Å². The number of halogens is 1. The van der Waals surface area contributed by atoms with Gasteiger partial charge in [0.05, 0.1) is 6.26 Å². The highest BCUT2D eigenvalue weighted by molar-refractivity contribution is 5.91. The van der Waals surface area contributed by atoms with E-state index in [2.05, 4.69) is 4.90 Å². The average molecular weight is 316 g/mol. The quantitative estimate of drug-likeness (QED) is 0.851. The number of aryl methyl sites for hydroxylation is 1. The Bertz CT molecular complexity index is 617. The fraction of sp³-hybridized carbons (Fsp3) is 0.389. The van der Waals surface area contributed by atoms with E-state index >= 15 is 0 Å². The van der Waals surface area contributed by atoms with Crippen LogP contribution in [0.15, 0.2) is 47.1 Å². The number of piperazine rings is 1. The highest BCUT2D eigenvalue weighted by Gasteiger charge is 2.23. The van der Waals surface area contributed by atoms with Crippen molar-refractivity contribution < 1.29 is 13.6 Å². The number of carbonyl (C=O) groups is 1. The van der Waals surface area contributed by atoms with E-state index in [1.54, 1.807) is 12.1 Å². The van der Waals surface area contributed by atoms with Gasteiger partial charge in [-0.05, 0) is 49.2 Å². The Morgan fingerprint density at radius 3 is 2.48 bits per heavy atom. The summed E-state index contributed by atoms with van der Waals surface area (Å²) < 4.78 is 18.0. The second-order valence-electron chi connectivity index (χ2n) is 5.84. The fourth-order valence-electron chi connectivity index (χ4n) is 2.89. The molecule has 0 unspecified atom stereocenters. The predicted octanol–water partition coefficient (Wildman–Crippen LogP) is 2.81. The number of hydrogen-bond acceptors (Lipinski definition) is 3. The van der Waals surface area contributed by atoms with Gasteiger partial charge in [0, 0.05) is 26.2 Å². The number of amides is 1. The van der Waals surface area contributed by atoms with Crippen LogP contribution in [0.25, 0.3) is 0 Å². The van der Waals surface area contributed by atoms with Gasteiger partial charge in [0.15, 0.2) is 5.76 Å². The smallest absolute Gasteiger partial charge is 0.289 e. The molecule has 1 aromatic heterocycles. The Kier molecular flexibility index (Phi) is 5.08. The van der Waals surface area contributed by atoms with Gasteiger partial charge in [0.1, 0.15) is 5.82 Å². The zero-order valence-corrected chi connectivity index (χ0v) is 13.1. The molecule has 122 valence electrons. The first kappa shape index (κ1) is 15.7. The summed E-state index contributed by atoms with van der Waals surface area (Å²) in [6, 6.07) is 10.1. The molecule has 1 saturated heterocycles. The number of rotatable bonds is 5. The van der Waals surface area contributed by atoms with E-state index in [-0.39, 0.29) is 11.7 Å². The van der Waals surface area contributed by atoms with Crippen molar-refractivity contribution in [1.29, 1.82) is 0 Å². The highest BCUT2D eigenvalue weighted by atomic mass is 19.1. The van der Waals surface area contributed by atoms with E-state index < -0.39 is 0 Å². The highest BCUT2D eigenvalue weighted by Crippen LogP contribution is 2.11. The Morgan fingerprint density at radius 1 is 1.09 bits per heavy atom. The van der Waals surface area contributed by atoms with Crippen LogP contribution in [-0.2, 0) is 6.42 Å². The zero-order valence-electron chi connectivity index (χ0n) is 13.1. The fourth-order valence-corrected chi connectivity index (χ4v) is 2.89. The molecule has 0 spiro atoms. The molecule has 3 rings (SSSR count). The zero-order chi connectivity index (χ0) is 16.1. The Hall–Kier alpha value is -2.14. The van der Waals surface area contributed by atoms with Crippen LogP contribution in [0.3, 0.4) is 0 Å². The van der Waals surface area contributed by atoms with Gasteiger partial charge in [0.25, 0.3) is 5.91 Å². The van der Waals surface area contributed by atoms with E-state index in [9.17, 15) is 9.18 Å². The largest absolute Gasteiger partial charge is 0.459 e. The lowest BCUT2D eigenvalue weighted by molar-refractivity contribution is 0.0605. The molecule has 1 aliphatic heterocycles. The third-order valence-corrected chi connectivity index (χ3v) is 4.24. The summed E-state index contributed by atoms with van der Waals surface area (Å²) in [4.78, 5) is 16.4. The van der Waals surface area contributed by atoms with Crippen molar-refractivity contribution in [2.45, 2.75) is 12.8 Å². The standard InChI is InChI=1S/C18H21FN2O2/c19-16-7-5-15(6-8-16)3-1-9-20-10-12-21(13-11-20)18(22)17-4-2-14-23-17/h2,4-8,14H,1,3,9-13H2. The lowest BCUT2D eigenvalue weighted by atomic mass is 10.1. The SMILES string of the molecule is O=C(c1ccco1)N1CCN(CCCc2ccc(F)cc2)CC1. The minimum Gasteiger partial charge on any atom is -0.459 e. The van der Waals surface area contributed by atoms with Crippen LogP contribution in [0.1, 0.15) is 22.5 Å². The monoisotopic (exact) mass is 316 g/mol. The molecule has 0 aliphatic carbocycles. The van der Waals surface area contributed by atoms with Crippen molar-refractivity contribution in [3.05, 3.63) is 59.8 Å². The molecule has 1 aromatic carbocycles. The third kappa shape index (κ3) is 4.20. The second-order valence-corrected chi connectivity index (χ2v) is 5.84. The molecule has 0 N–H and O–H groups in total. The molecule has 0 atom stereocenters. The van der Waals surface area contributed by atoms with E-state index in [0.29, 0.717) is 5.76 Å². The molecule has 0 bridgehead atoms. The lowest BCUT2D eigenvalue weighted by Crippen LogP contribution is -2.48. The molecular weight excluding hydrogens is 295 g/mol.